The van der Waals surface area contributed by atoms with Gasteiger partial charge in [-0.3, -0.25) is 9.79 Å². The van der Waals surface area contributed by atoms with Gasteiger partial charge in [-0.15, -0.1) is 0 Å². The summed E-state index contributed by atoms with van der Waals surface area (Å²) in [4.78, 5) is 18.6. The molecule has 148 valence electrons. The number of anilines is 1. The molecule has 1 amide bonds. The average Bonchev–Trinajstić information content (AvgIpc) is 2.73. The Balaban J connectivity index is 1.48. The number of fused-ring (bicyclic) bond motifs is 1. The lowest BCUT2D eigenvalue weighted by atomic mass is 10.1. The number of carbonyl (C=O) groups excluding carboxylic acids is 1. The third-order valence-corrected chi connectivity index (χ3v) is 4.51. The SMILES string of the molecule is CCNC(=NCCCN1C(=O)COc2ccccc21)NCCc1ccccc1. The van der Waals surface area contributed by atoms with Crippen LogP contribution in [0.3, 0.4) is 0 Å². The molecule has 0 aromatic heterocycles. The number of amides is 1. The summed E-state index contributed by atoms with van der Waals surface area (Å²) < 4.78 is 5.48. The van der Waals surface area contributed by atoms with E-state index in [2.05, 4.69) is 46.8 Å². The Kier molecular flexibility index (Phi) is 7.29. The summed E-state index contributed by atoms with van der Waals surface area (Å²) in [5.41, 5.74) is 2.14. The Hall–Kier alpha value is -3.02. The summed E-state index contributed by atoms with van der Waals surface area (Å²) in [7, 11) is 0. The second-order valence-electron chi connectivity index (χ2n) is 6.58. The van der Waals surface area contributed by atoms with Gasteiger partial charge in [-0.25, -0.2) is 0 Å². The van der Waals surface area contributed by atoms with E-state index in [-0.39, 0.29) is 12.5 Å². The van der Waals surface area contributed by atoms with E-state index >= 15 is 0 Å². The van der Waals surface area contributed by atoms with Gasteiger partial charge in [0.1, 0.15) is 5.75 Å². The van der Waals surface area contributed by atoms with E-state index in [9.17, 15) is 4.79 Å². The molecule has 0 atom stereocenters. The molecule has 6 nitrogen and oxygen atoms in total. The fraction of sp³-hybridized carbons (Fsp3) is 0.364. The molecule has 2 N–H and O–H groups in total. The number of hydrogen-bond acceptors (Lipinski definition) is 3. The number of rotatable bonds is 8. The molecule has 1 aliphatic rings. The molecule has 2 aromatic carbocycles. The third kappa shape index (κ3) is 5.49. The monoisotopic (exact) mass is 380 g/mol. The largest absolute Gasteiger partial charge is 0.482 e. The molecule has 0 unspecified atom stereocenters. The van der Waals surface area contributed by atoms with Gasteiger partial charge < -0.3 is 20.3 Å². The predicted molar refractivity (Wildman–Crippen MR) is 113 cm³/mol. The minimum atomic E-state index is -0.00410. The molecule has 2 aromatic rings. The van der Waals surface area contributed by atoms with Gasteiger partial charge in [0, 0.05) is 26.2 Å². The number of benzene rings is 2. The summed E-state index contributed by atoms with van der Waals surface area (Å²) in [6.45, 7) is 5.07. The Morgan fingerprint density at radius 2 is 1.89 bits per heavy atom. The maximum Gasteiger partial charge on any atom is 0.265 e. The zero-order valence-corrected chi connectivity index (χ0v) is 16.4. The van der Waals surface area contributed by atoms with Crippen LogP contribution in [0.1, 0.15) is 18.9 Å². The molecule has 1 aliphatic heterocycles. The average molecular weight is 380 g/mol. The number of guanidine groups is 1. The molecule has 3 rings (SSSR count). The first-order valence-electron chi connectivity index (χ1n) is 9.86. The van der Waals surface area contributed by atoms with E-state index in [1.807, 2.05) is 30.3 Å². The second-order valence-corrected chi connectivity index (χ2v) is 6.58. The van der Waals surface area contributed by atoms with Gasteiger partial charge in [-0.2, -0.15) is 0 Å². The van der Waals surface area contributed by atoms with Crippen LogP contribution >= 0.6 is 0 Å². The van der Waals surface area contributed by atoms with Crippen LogP contribution in [0.4, 0.5) is 5.69 Å². The van der Waals surface area contributed by atoms with Crippen molar-refractivity contribution in [2.24, 2.45) is 4.99 Å². The lowest BCUT2D eigenvalue weighted by Crippen LogP contribution is -2.40. The smallest absolute Gasteiger partial charge is 0.265 e. The molecule has 0 saturated heterocycles. The molecule has 0 bridgehead atoms. The first-order chi connectivity index (χ1) is 13.8. The van der Waals surface area contributed by atoms with Crippen LogP contribution in [-0.2, 0) is 11.2 Å². The molecule has 0 saturated carbocycles. The fourth-order valence-electron chi connectivity index (χ4n) is 3.13. The Morgan fingerprint density at radius 1 is 1.11 bits per heavy atom. The maximum absolute atomic E-state index is 12.2. The number of nitrogens with one attached hydrogen (secondary N) is 2. The van der Waals surface area contributed by atoms with Gasteiger partial charge in [0.25, 0.3) is 5.91 Å². The van der Waals surface area contributed by atoms with Crippen molar-refractivity contribution in [2.75, 3.05) is 37.7 Å². The fourth-order valence-corrected chi connectivity index (χ4v) is 3.13. The highest BCUT2D eigenvalue weighted by Crippen LogP contribution is 2.31. The highest BCUT2D eigenvalue weighted by Gasteiger charge is 2.24. The van der Waals surface area contributed by atoms with E-state index in [1.165, 1.54) is 5.56 Å². The summed E-state index contributed by atoms with van der Waals surface area (Å²) >= 11 is 0. The van der Waals surface area contributed by atoms with Crippen LogP contribution in [0.15, 0.2) is 59.6 Å². The molecule has 28 heavy (non-hydrogen) atoms. The minimum Gasteiger partial charge on any atom is -0.482 e. The summed E-state index contributed by atoms with van der Waals surface area (Å²) in [5.74, 6) is 1.57. The van der Waals surface area contributed by atoms with Gasteiger partial charge in [0.05, 0.1) is 5.69 Å². The highest BCUT2D eigenvalue weighted by molar-refractivity contribution is 5.97. The molecule has 0 spiro atoms. The van der Waals surface area contributed by atoms with Crippen molar-refractivity contribution in [1.29, 1.82) is 0 Å². The Morgan fingerprint density at radius 3 is 2.71 bits per heavy atom. The minimum absolute atomic E-state index is 0.00410. The summed E-state index contributed by atoms with van der Waals surface area (Å²) in [6, 6.07) is 18.1. The van der Waals surface area contributed by atoms with E-state index in [0.29, 0.717) is 13.1 Å². The van der Waals surface area contributed by atoms with Crippen LogP contribution in [0.25, 0.3) is 0 Å². The van der Waals surface area contributed by atoms with Crippen molar-refractivity contribution < 1.29 is 9.53 Å². The van der Waals surface area contributed by atoms with Crippen molar-refractivity contribution in [1.82, 2.24) is 10.6 Å². The number of aliphatic imine (C=N–C) groups is 1. The van der Waals surface area contributed by atoms with Crippen LogP contribution in [0.2, 0.25) is 0 Å². The van der Waals surface area contributed by atoms with Gasteiger partial charge in [0.2, 0.25) is 0 Å². The van der Waals surface area contributed by atoms with Crippen molar-refractivity contribution in [3.63, 3.8) is 0 Å². The Bertz CT molecular complexity index is 792. The number of ether oxygens (including phenoxy) is 1. The first kappa shape index (κ1) is 19.7. The van der Waals surface area contributed by atoms with Crippen LogP contribution in [0.5, 0.6) is 5.75 Å². The number of hydrogen-bond donors (Lipinski definition) is 2. The molecule has 6 heteroatoms. The van der Waals surface area contributed by atoms with Gasteiger partial charge in [-0.1, -0.05) is 42.5 Å². The normalized spacial score (nSPS) is 13.7. The van der Waals surface area contributed by atoms with Crippen LogP contribution in [0, 0.1) is 0 Å². The zero-order chi connectivity index (χ0) is 19.6. The number of carbonyl (C=O) groups is 1. The molecule has 0 radical (unpaired) electrons. The highest BCUT2D eigenvalue weighted by atomic mass is 16.5. The quantitative estimate of drug-likeness (QED) is 0.420. The van der Waals surface area contributed by atoms with Crippen LogP contribution < -0.4 is 20.3 Å². The van der Waals surface area contributed by atoms with Gasteiger partial charge in [-0.05, 0) is 37.5 Å². The Labute approximate surface area is 166 Å². The topological polar surface area (TPSA) is 66.0 Å². The van der Waals surface area contributed by atoms with Crippen molar-refractivity contribution >= 4 is 17.6 Å². The standard InChI is InChI=1S/C22H28N4O2/c1-2-23-22(25-15-13-18-9-4-3-5-10-18)24-14-8-16-26-19-11-6-7-12-20(19)28-17-21(26)27/h3-7,9-12H,2,8,13-17H2,1H3,(H2,23,24,25). The van der Waals surface area contributed by atoms with E-state index in [1.54, 1.807) is 4.90 Å². The molecule has 0 aliphatic carbocycles. The molecular weight excluding hydrogens is 352 g/mol. The van der Waals surface area contributed by atoms with E-state index < -0.39 is 0 Å². The number of para-hydroxylation sites is 2. The predicted octanol–water partition coefficient (Wildman–Crippen LogP) is 2.60. The van der Waals surface area contributed by atoms with Gasteiger partial charge >= 0.3 is 0 Å². The van der Waals surface area contributed by atoms with E-state index in [4.69, 9.17) is 4.74 Å². The third-order valence-electron chi connectivity index (χ3n) is 4.51. The van der Waals surface area contributed by atoms with Crippen molar-refractivity contribution in [3.8, 4) is 5.75 Å². The van der Waals surface area contributed by atoms with E-state index in [0.717, 1.165) is 43.3 Å². The first-order valence-corrected chi connectivity index (χ1v) is 9.86. The summed E-state index contributed by atoms with van der Waals surface area (Å²) in [5, 5.41) is 6.64. The molecule has 1 heterocycles. The van der Waals surface area contributed by atoms with Gasteiger partial charge in [0.15, 0.2) is 12.6 Å². The number of nitrogens with zero attached hydrogens (tertiary/aromatic N) is 2. The second kappa shape index (κ2) is 10.3. The lowest BCUT2D eigenvalue weighted by Gasteiger charge is -2.29. The zero-order valence-electron chi connectivity index (χ0n) is 16.4. The maximum atomic E-state index is 12.2. The lowest BCUT2D eigenvalue weighted by molar-refractivity contribution is -0.121. The molecule has 0 fully saturated rings. The van der Waals surface area contributed by atoms with Crippen LogP contribution in [-0.4, -0.2) is 44.7 Å². The summed E-state index contributed by atoms with van der Waals surface area (Å²) in [6.07, 6.45) is 1.74. The van der Waals surface area contributed by atoms with Crippen molar-refractivity contribution in [2.45, 2.75) is 19.8 Å². The molecular formula is C22H28N4O2. The van der Waals surface area contributed by atoms with Crippen molar-refractivity contribution in [3.05, 3.63) is 60.2 Å².